The van der Waals surface area contributed by atoms with Crippen molar-refractivity contribution >= 4 is 11.8 Å². The molecule has 0 unspecified atom stereocenters. The monoisotopic (exact) mass is 274 g/mol. The number of rotatable bonds is 6. The van der Waals surface area contributed by atoms with E-state index in [4.69, 9.17) is 0 Å². The third kappa shape index (κ3) is 3.46. The molecule has 108 valence electrons. The fourth-order valence-electron chi connectivity index (χ4n) is 2.04. The standard InChI is InChI=1S/C14H22N6/c1-5-6-15-14-16-7-11(2)13(18-14)19(3)9-12-8-17-20(4)10-12/h7-8,10H,5-6,9H2,1-4H3,(H,15,16,18). The molecule has 0 saturated heterocycles. The van der Waals surface area contributed by atoms with Gasteiger partial charge in [-0.1, -0.05) is 6.92 Å². The quantitative estimate of drug-likeness (QED) is 0.873. The van der Waals surface area contributed by atoms with Crippen LogP contribution in [0.4, 0.5) is 11.8 Å². The topological polar surface area (TPSA) is 58.9 Å². The Hall–Kier alpha value is -2.11. The molecule has 2 heterocycles. The van der Waals surface area contributed by atoms with Crippen LogP contribution in [0.5, 0.6) is 0 Å². The lowest BCUT2D eigenvalue weighted by molar-refractivity contribution is 0.766. The molecule has 6 heteroatoms. The summed E-state index contributed by atoms with van der Waals surface area (Å²) < 4.78 is 1.81. The maximum Gasteiger partial charge on any atom is 0.224 e. The summed E-state index contributed by atoms with van der Waals surface area (Å²) in [5, 5.41) is 7.41. The van der Waals surface area contributed by atoms with Crippen LogP contribution in [0.3, 0.4) is 0 Å². The highest BCUT2D eigenvalue weighted by Crippen LogP contribution is 2.18. The first kappa shape index (κ1) is 14.3. The molecule has 0 atom stereocenters. The fourth-order valence-corrected chi connectivity index (χ4v) is 2.04. The van der Waals surface area contributed by atoms with Gasteiger partial charge in [0.2, 0.25) is 5.95 Å². The van der Waals surface area contributed by atoms with E-state index in [2.05, 4.69) is 32.2 Å². The van der Waals surface area contributed by atoms with Crippen molar-refractivity contribution in [1.82, 2.24) is 19.7 Å². The van der Waals surface area contributed by atoms with E-state index in [0.717, 1.165) is 36.5 Å². The summed E-state index contributed by atoms with van der Waals surface area (Å²) in [6, 6.07) is 0. The van der Waals surface area contributed by atoms with Crippen LogP contribution in [-0.2, 0) is 13.6 Å². The highest BCUT2D eigenvalue weighted by atomic mass is 15.3. The average molecular weight is 274 g/mol. The largest absolute Gasteiger partial charge is 0.355 e. The van der Waals surface area contributed by atoms with E-state index in [1.165, 1.54) is 0 Å². The van der Waals surface area contributed by atoms with Crippen molar-refractivity contribution in [3.8, 4) is 0 Å². The number of anilines is 2. The van der Waals surface area contributed by atoms with E-state index >= 15 is 0 Å². The summed E-state index contributed by atoms with van der Waals surface area (Å²) in [6.45, 7) is 5.81. The molecule has 0 fully saturated rings. The zero-order valence-electron chi connectivity index (χ0n) is 12.6. The molecule has 0 spiro atoms. The van der Waals surface area contributed by atoms with Gasteiger partial charge in [0.1, 0.15) is 5.82 Å². The van der Waals surface area contributed by atoms with Crippen molar-refractivity contribution in [3.63, 3.8) is 0 Å². The molecular formula is C14H22N6. The van der Waals surface area contributed by atoms with Crippen molar-refractivity contribution in [3.05, 3.63) is 29.7 Å². The van der Waals surface area contributed by atoms with Gasteiger partial charge in [0.05, 0.1) is 6.20 Å². The van der Waals surface area contributed by atoms with Crippen LogP contribution in [0.2, 0.25) is 0 Å². The molecule has 6 nitrogen and oxygen atoms in total. The Morgan fingerprint density at radius 2 is 2.15 bits per heavy atom. The van der Waals surface area contributed by atoms with E-state index < -0.39 is 0 Å². The molecule has 0 aliphatic carbocycles. The summed E-state index contributed by atoms with van der Waals surface area (Å²) in [5.74, 6) is 1.63. The Bertz CT molecular complexity index is 563. The lowest BCUT2D eigenvalue weighted by Gasteiger charge is -2.20. The van der Waals surface area contributed by atoms with Crippen LogP contribution in [-0.4, -0.2) is 33.3 Å². The Morgan fingerprint density at radius 1 is 1.35 bits per heavy atom. The third-order valence-corrected chi connectivity index (χ3v) is 3.02. The second-order valence-electron chi connectivity index (χ2n) is 5.01. The number of nitrogens with zero attached hydrogens (tertiary/aromatic N) is 5. The van der Waals surface area contributed by atoms with Crippen LogP contribution in [0.15, 0.2) is 18.6 Å². The molecule has 0 aliphatic heterocycles. The minimum atomic E-state index is 0.686. The molecule has 2 rings (SSSR count). The molecule has 0 bridgehead atoms. The third-order valence-electron chi connectivity index (χ3n) is 3.02. The van der Waals surface area contributed by atoms with Gasteiger partial charge in [0.15, 0.2) is 0 Å². The van der Waals surface area contributed by atoms with Crippen molar-refractivity contribution in [2.75, 3.05) is 23.8 Å². The molecule has 0 amide bonds. The van der Waals surface area contributed by atoms with Crippen LogP contribution >= 0.6 is 0 Å². The minimum absolute atomic E-state index is 0.686. The van der Waals surface area contributed by atoms with Gasteiger partial charge in [-0.15, -0.1) is 0 Å². The number of nitrogens with one attached hydrogen (secondary N) is 1. The molecular weight excluding hydrogens is 252 g/mol. The Morgan fingerprint density at radius 3 is 2.80 bits per heavy atom. The minimum Gasteiger partial charge on any atom is -0.355 e. The Kier molecular flexibility index (Phi) is 4.55. The van der Waals surface area contributed by atoms with Crippen molar-refractivity contribution in [2.24, 2.45) is 7.05 Å². The average Bonchev–Trinajstić information content (AvgIpc) is 2.83. The van der Waals surface area contributed by atoms with Gasteiger partial charge in [-0.2, -0.15) is 10.1 Å². The maximum atomic E-state index is 4.59. The summed E-state index contributed by atoms with van der Waals surface area (Å²) in [7, 11) is 3.96. The molecule has 1 N–H and O–H groups in total. The molecule has 2 aromatic rings. The van der Waals surface area contributed by atoms with E-state index in [1.807, 2.05) is 44.3 Å². The van der Waals surface area contributed by atoms with Crippen LogP contribution in [0, 0.1) is 6.92 Å². The van der Waals surface area contributed by atoms with Crippen molar-refractivity contribution in [2.45, 2.75) is 26.8 Å². The maximum absolute atomic E-state index is 4.59. The van der Waals surface area contributed by atoms with Crippen LogP contribution in [0.25, 0.3) is 0 Å². The first-order valence-electron chi connectivity index (χ1n) is 6.86. The lowest BCUT2D eigenvalue weighted by Crippen LogP contribution is -2.19. The van der Waals surface area contributed by atoms with E-state index in [9.17, 15) is 0 Å². The number of aryl methyl sites for hydroxylation is 2. The van der Waals surface area contributed by atoms with Crippen molar-refractivity contribution in [1.29, 1.82) is 0 Å². The SMILES string of the molecule is CCCNc1ncc(C)c(N(C)Cc2cnn(C)c2)n1. The van der Waals surface area contributed by atoms with E-state index in [0.29, 0.717) is 5.95 Å². The van der Waals surface area contributed by atoms with Gasteiger partial charge in [-0.25, -0.2) is 4.98 Å². The molecule has 0 aliphatic rings. The van der Waals surface area contributed by atoms with Gasteiger partial charge in [-0.05, 0) is 13.3 Å². The number of hydrogen-bond acceptors (Lipinski definition) is 5. The highest BCUT2D eigenvalue weighted by molar-refractivity contribution is 5.48. The summed E-state index contributed by atoms with van der Waals surface area (Å²) in [4.78, 5) is 11.0. The zero-order valence-corrected chi connectivity index (χ0v) is 12.6. The Labute approximate surface area is 119 Å². The van der Waals surface area contributed by atoms with Crippen LogP contribution in [0.1, 0.15) is 24.5 Å². The molecule has 0 radical (unpaired) electrons. The van der Waals surface area contributed by atoms with Gasteiger partial charge in [0.25, 0.3) is 0 Å². The predicted molar refractivity (Wildman–Crippen MR) is 80.9 cm³/mol. The second kappa shape index (κ2) is 6.36. The molecule has 0 aromatic carbocycles. The first-order chi connectivity index (χ1) is 9.60. The second-order valence-corrected chi connectivity index (χ2v) is 5.01. The Balaban J connectivity index is 2.13. The fraction of sp³-hybridized carbons (Fsp3) is 0.500. The van der Waals surface area contributed by atoms with Crippen LogP contribution < -0.4 is 10.2 Å². The normalized spacial score (nSPS) is 10.6. The number of hydrogen-bond donors (Lipinski definition) is 1. The smallest absolute Gasteiger partial charge is 0.224 e. The summed E-state index contributed by atoms with van der Waals surface area (Å²) in [5.41, 5.74) is 2.23. The molecule has 20 heavy (non-hydrogen) atoms. The van der Waals surface area contributed by atoms with Crippen molar-refractivity contribution < 1.29 is 0 Å². The highest BCUT2D eigenvalue weighted by Gasteiger charge is 2.10. The van der Waals surface area contributed by atoms with Gasteiger partial charge in [0, 0.05) is 50.7 Å². The van der Waals surface area contributed by atoms with Gasteiger partial charge >= 0.3 is 0 Å². The van der Waals surface area contributed by atoms with Gasteiger partial charge < -0.3 is 10.2 Å². The van der Waals surface area contributed by atoms with E-state index in [1.54, 1.807) is 0 Å². The number of aromatic nitrogens is 4. The summed E-state index contributed by atoms with van der Waals surface area (Å²) in [6.07, 6.45) is 6.81. The predicted octanol–water partition coefficient (Wildman–Crippen LogP) is 1.98. The zero-order chi connectivity index (χ0) is 14.5. The lowest BCUT2D eigenvalue weighted by atomic mass is 10.3. The van der Waals surface area contributed by atoms with E-state index in [-0.39, 0.29) is 0 Å². The molecule has 0 saturated carbocycles. The first-order valence-corrected chi connectivity index (χ1v) is 6.86. The summed E-state index contributed by atoms with van der Waals surface area (Å²) >= 11 is 0. The molecule has 2 aromatic heterocycles. The van der Waals surface area contributed by atoms with Gasteiger partial charge in [-0.3, -0.25) is 4.68 Å².